The number of carbonyl (C=O) groups is 1. The number of anilines is 1. The maximum absolute atomic E-state index is 10.8. The van der Waals surface area contributed by atoms with E-state index in [1.165, 1.54) is 0 Å². The fourth-order valence-electron chi connectivity index (χ4n) is 1.99. The van der Waals surface area contributed by atoms with E-state index in [0.717, 1.165) is 24.9 Å². The maximum atomic E-state index is 10.8. The van der Waals surface area contributed by atoms with E-state index in [1.54, 1.807) is 0 Å². The molecule has 0 amide bonds. The van der Waals surface area contributed by atoms with Crippen LogP contribution in [0.5, 0.6) is 0 Å². The highest BCUT2D eigenvalue weighted by Crippen LogP contribution is 2.26. The molecule has 0 aliphatic rings. The standard InChI is InChI=1S/C12H22N4O2/c1-5-13-11-15-14-9(16(11)6-2)7-12(3,4)8-10(17)18/h5-8H2,1-4H3,(H,13,15)(H,17,18). The van der Waals surface area contributed by atoms with Gasteiger partial charge in [0.05, 0.1) is 6.42 Å². The highest BCUT2D eigenvalue weighted by Gasteiger charge is 2.25. The summed E-state index contributed by atoms with van der Waals surface area (Å²) in [6, 6.07) is 0. The molecule has 2 N–H and O–H groups in total. The number of aromatic nitrogens is 3. The van der Waals surface area contributed by atoms with Crippen LogP contribution in [0, 0.1) is 5.41 Å². The molecular weight excluding hydrogens is 232 g/mol. The smallest absolute Gasteiger partial charge is 0.303 e. The molecule has 0 aromatic carbocycles. The van der Waals surface area contributed by atoms with Crippen LogP contribution in [-0.4, -0.2) is 32.4 Å². The molecular formula is C12H22N4O2. The molecule has 0 fully saturated rings. The Morgan fingerprint density at radius 2 is 2.06 bits per heavy atom. The van der Waals surface area contributed by atoms with Gasteiger partial charge in [-0.25, -0.2) is 0 Å². The molecule has 0 radical (unpaired) electrons. The van der Waals surface area contributed by atoms with E-state index in [4.69, 9.17) is 5.11 Å². The van der Waals surface area contributed by atoms with Crippen LogP contribution in [0.4, 0.5) is 5.95 Å². The van der Waals surface area contributed by atoms with Crippen LogP contribution in [0.25, 0.3) is 0 Å². The molecule has 0 spiro atoms. The van der Waals surface area contributed by atoms with Crippen LogP contribution in [0.2, 0.25) is 0 Å². The Balaban J connectivity index is 2.86. The summed E-state index contributed by atoms with van der Waals surface area (Å²) >= 11 is 0. The Labute approximate surface area is 107 Å². The number of hydrogen-bond donors (Lipinski definition) is 2. The van der Waals surface area contributed by atoms with Gasteiger partial charge in [0, 0.05) is 19.5 Å². The zero-order valence-corrected chi connectivity index (χ0v) is 11.5. The molecule has 0 aliphatic carbocycles. The second-order valence-electron chi connectivity index (χ2n) is 5.13. The third-order valence-electron chi connectivity index (χ3n) is 2.74. The Bertz CT molecular complexity index is 412. The molecule has 0 saturated carbocycles. The molecule has 6 heteroatoms. The van der Waals surface area contributed by atoms with Gasteiger partial charge >= 0.3 is 5.97 Å². The van der Waals surface area contributed by atoms with Gasteiger partial charge in [-0.05, 0) is 19.3 Å². The molecule has 102 valence electrons. The molecule has 18 heavy (non-hydrogen) atoms. The number of carboxylic acid groups (broad SMARTS) is 1. The predicted molar refractivity (Wildman–Crippen MR) is 69.6 cm³/mol. The average Bonchev–Trinajstić information content (AvgIpc) is 2.58. The summed E-state index contributed by atoms with van der Waals surface area (Å²) in [6.07, 6.45) is 0.728. The summed E-state index contributed by atoms with van der Waals surface area (Å²) in [6.45, 7) is 9.45. The molecule has 1 rings (SSSR count). The lowest BCUT2D eigenvalue weighted by molar-refractivity contribution is -0.139. The molecule has 1 aromatic heterocycles. The van der Waals surface area contributed by atoms with E-state index in [-0.39, 0.29) is 11.8 Å². The van der Waals surface area contributed by atoms with Crippen molar-refractivity contribution < 1.29 is 9.90 Å². The summed E-state index contributed by atoms with van der Waals surface area (Å²) in [4.78, 5) is 10.8. The molecule has 6 nitrogen and oxygen atoms in total. The minimum Gasteiger partial charge on any atom is -0.481 e. The van der Waals surface area contributed by atoms with Crippen LogP contribution in [0.15, 0.2) is 0 Å². The monoisotopic (exact) mass is 254 g/mol. The van der Waals surface area contributed by atoms with Gasteiger partial charge in [0.15, 0.2) is 0 Å². The lowest BCUT2D eigenvalue weighted by Gasteiger charge is -2.22. The van der Waals surface area contributed by atoms with E-state index >= 15 is 0 Å². The Kier molecular flexibility index (Phi) is 4.69. The van der Waals surface area contributed by atoms with Crippen LogP contribution in [-0.2, 0) is 17.8 Å². The van der Waals surface area contributed by atoms with Crippen LogP contribution >= 0.6 is 0 Å². The number of nitrogens with zero attached hydrogens (tertiary/aromatic N) is 3. The van der Waals surface area contributed by atoms with Crippen molar-refractivity contribution in [1.82, 2.24) is 14.8 Å². The highest BCUT2D eigenvalue weighted by atomic mass is 16.4. The Hall–Kier alpha value is -1.59. The number of aliphatic carboxylic acids is 1. The van der Waals surface area contributed by atoms with E-state index in [0.29, 0.717) is 6.42 Å². The summed E-state index contributed by atoms with van der Waals surface area (Å²) in [5.74, 6) is 0.801. The molecule has 1 aromatic rings. The second-order valence-corrected chi connectivity index (χ2v) is 5.13. The van der Waals surface area contributed by atoms with Crippen LogP contribution < -0.4 is 5.32 Å². The van der Waals surface area contributed by atoms with Gasteiger partial charge in [-0.3, -0.25) is 9.36 Å². The quantitative estimate of drug-likeness (QED) is 0.775. The van der Waals surface area contributed by atoms with Crippen molar-refractivity contribution in [2.75, 3.05) is 11.9 Å². The summed E-state index contributed by atoms with van der Waals surface area (Å²) < 4.78 is 1.99. The van der Waals surface area contributed by atoms with Gasteiger partial charge in [0.1, 0.15) is 5.82 Å². The molecule has 1 heterocycles. The Morgan fingerprint density at radius 1 is 1.39 bits per heavy atom. The topological polar surface area (TPSA) is 80.0 Å². The molecule has 0 saturated heterocycles. The van der Waals surface area contributed by atoms with E-state index in [2.05, 4.69) is 15.5 Å². The van der Waals surface area contributed by atoms with E-state index in [9.17, 15) is 4.79 Å². The van der Waals surface area contributed by atoms with Crippen LogP contribution in [0.3, 0.4) is 0 Å². The van der Waals surface area contributed by atoms with Gasteiger partial charge in [-0.2, -0.15) is 0 Å². The zero-order chi connectivity index (χ0) is 13.8. The first-order valence-corrected chi connectivity index (χ1v) is 6.27. The van der Waals surface area contributed by atoms with Gasteiger partial charge < -0.3 is 10.4 Å². The minimum atomic E-state index is -0.783. The minimum absolute atomic E-state index is 0.125. The fourth-order valence-corrected chi connectivity index (χ4v) is 1.99. The zero-order valence-electron chi connectivity index (χ0n) is 11.5. The first kappa shape index (κ1) is 14.5. The maximum Gasteiger partial charge on any atom is 0.303 e. The van der Waals surface area contributed by atoms with Gasteiger partial charge in [0.25, 0.3) is 0 Å². The van der Waals surface area contributed by atoms with Crippen molar-refractivity contribution >= 4 is 11.9 Å². The molecule has 0 atom stereocenters. The van der Waals surface area contributed by atoms with Crippen molar-refractivity contribution in [2.45, 2.75) is 47.1 Å². The highest BCUT2D eigenvalue weighted by molar-refractivity contribution is 5.67. The fraction of sp³-hybridized carbons (Fsp3) is 0.750. The third kappa shape index (κ3) is 3.72. The lowest BCUT2D eigenvalue weighted by atomic mass is 9.85. The van der Waals surface area contributed by atoms with E-state index in [1.807, 2.05) is 32.3 Å². The van der Waals surface area contributed by atoms with E-state index < -0.39 is 5.97 Å². The van der Waals surface area contributed by atoms with Crippen molar-refractivity contribution in [1.29, 1.82) is 0 Å². The average molecular weight is 254 g/mol. The van der Waals surface area contributed by atoms with Gasteiger partial charge in [-0.15, -0.1) is 10.2 Å². The normalized spacial score (nSPS) is 11.6. The first-order chi connectivity index (χ1) is 8.39. The summed E-state index contributed by atoms with van der Waals surface area (Å²) in [5, 5.41) is 20.3. The molecule has 0 unspecified atom stereocenters. The van der Waals surface area contributed by atoms with Crippen LogP contribution in [0.1, 0.15) is 39.9 Å². The van der Waals surface area contributed by atoms with Crippen molar-refractivity contribution in [2.24, 2.45) is 5.41 Å². The number of rotatable bonds is 7. The lowest BCUT2D eigenvalue weighted by Crippen LogP contribution is -2.22. The second kappa shape index (κ2) is 5.84. The van der Waals surface area contributed by atoms with Crippen molar-refractivity contribution in [3.05, 3.63) is 5.82 Å². The number of carboxylic acids is 1. The van der Waals surface area contributed by atoms with Crippen molar-refractivity contribution in [3.8, 4) is 0 Å². The number of hydrogen-bond acceptors (Lipinski definition) is 4. The third-order valence-corrected chi connectivity index (χ3v) is 2.74. The summed E-state index contributed by atoms with van der Waals surface area (Å²) in [5.41, 5.74) is -0.324. The SMILES string of the molecule is CCNc1nnc(CC(C)(C)CC(=O)O)n1CC. The first-order valence-electron chi connectivity index (χ1n) is 6.27. The van der Waals surface area contributed by atoms with Crippen molar-refractivity contribution in [3.63, 3.8) is 0 Å². The summed E-state index contributed by atoms with van der Waals surface area (Å²) in [7, 11) is 0. The van der Waals surface area contributed by atoms with Gasteiger partial charge in [0.2, 0.25) is 5.95 Å². The molecule has 0 bridgehead atoms. The largest absolute Gasteiger partial charge is 0.481 e. The number of nitrogens with one attached hydrogen (secondary N) is 1. The predicted octanol–water partition coefficient (Wildman–Crippen LogP) is 1.77. The Morgan fingerprint density at radius 3 is 2.56 bits per heavy atom. The van der Waals surface area contributed by atoms with Gasteiger partial charge in [-0.1, -0.05) is 13.8 Å². The molecule has 0 aliphatic heterocycles.